The van der Waals surface area contributed by atoms with E-state index in [1.165, 1.54) is 11.8 Å². The van der Waals surface area contributed by atoms with Crippen LogP contribution in [0.15, 0.2) is 70.6 Å². The van der Waals surface area contributed by atoms with E-state index < -0.39 is 27.5 Å². The van der Waals surface area contributed by atoms with Crippen LogP contribution in [0.25, 0.3) is 16.3 Å². The molecule has 0 aliphatic carbocycles. The zero-order valence-electron chi connectivity index (χ0n) is 27.5. The molecule has 51 heavy (non-hydrogen) atoms. The predicted octanol–water partition coefficient (Wildman–Crippen LogP) is 6.60. The van der Waals surface area contributed by atoms with Gasteiger partial charge >= 0.3 is 16.1 Å². The van der Waals surface area contributed by atoms with Gasteiger partial charge in [0.25, 0.3) is 5.01 Å². The number of unbranched alkanes of at least 4 members (excludes halogenated alkanes) is 1. The highest BCUT2D eigenvalue weighted by atomic mass is 35.5. The number of nitrogens with zero attached hydrogens (tertiary/aromatic N) is 3. The van der Waals surface area contributed by atoms with Crippen LogP contribution in [0.3, 0.4) is 0 Å². The number of nitrogens with one attached hydrogen (secondary N) is 1. The molecule has 3 unspecified atom stereocenters. The topological polar surface area (TPSA) is 145 Å². The van der Waals surface area contributed by atoms with Crippen LogP contribution < -0.4 is 19.3 Å². The molecule has 4 aromatic rings. The molecule has 2 aliphatic rings. The number of fused-ring (bicyclic) bond motifs is 3. The first-order valence-corrected chi connectivity index (χ1v) is 20.2. The number of anilines is 1. The third-order valence-corrected chi connectivity index (χ3v) is 13.4. The Hall–Kier alpha value is -3.50. The first kappa shape index (κ1) is 37.3. The number of carbonyl (C=O) groups excluding carboxylic acids is 2. The number of halogens is 2. The van der Waals surface area contributed by atoms with E-state index >= 15 is 0 Å². The lowest BCUT2D eigenvalue weighted by atomic mass is 10.1. The van der Waals surface area contributed by atoms with Crippen LogP contribution in [0, 0.1) is 0 Å². The largest absolute Gasteiger partial charge is 0.480 e. The van der Waals surface area contributed by atoms with Gasteiger partial charge in [-0.1, -0.05) is 34.5 Å². The number of carboxylic acid groups (broad SMARTS) is 1. The van der Waals surface area contributed by atoms with Gasteiger partial charge in [0.2, 0.25) is 16.8 Å². The SMILES string of the molecule is CC(C(=O)O)N(CCC(=O)NCCCC[n+]1c(/C=C2\Sc3ccc(Cl)cc3[N+]23CCC3S(=O)(=O)O)sc2ccc(Cl)cc21)c1ccc(C=O)cc1. The molecule has 16 heteroatoms. The summed E-state index contributed by atoms with van der Waals surface area (Å²) in [5.41, 5.74) is 2.77. The van der Waals surface area contributed by atoms with Crippen molar-refractivity contribution < 1.29 is 37.0 Å². The van der Waals surface area contributed by atoms with Crippen LogP contribution in [0.4, 0.5) is 11.4 Å². The molecule has 3 atom stereocenters. The van der Waals surface area contributed by atoms with Crippen molar-refractivity contribution in [3.63, 3.8) is 0 Å². The maximum atomic E-state index is 12.8. The van der Waals surface area contributed by atoms with E-state index in [0.717, 1.165) is 30.8 Å². The van der Waals surface area contributed by atoms with E-state index in [9.17, 15) is 32.5 Å². The fraction of sp³-hybridized carbons (Fsp3) is 0.314. The van der Waals surface area contributed by atoms with Crippen molar-refractivity contribution in [2.75, 3.05) is 24.5 Å². The van der Waals surface area contributed by atoms with Crippen LogP contribution >= 0.6 is 46.3 Å². The number of carbonyl (C=O) groups is 3. The minimum atomic E-state index is -4.36. The maximum Gasteiger partial charge on any atom is 0.326 e. The van der Waals surface area contributed by atoms with Crippen LogP contribution in [-0.2, 0) is 26.3 Å². The monoisotopic (exact) mass is 790 g/mol. The van der Waals surface area contributed by atoms with Gasteiger partial charge in [0.05, 0.1) is 23.9 Å². The number of rotatable bonds is 14. The number of thioether (sulfide) groups is 1. The van der Waals surface area contributed by atoms with Gasteiger partial charge in [-0.2, -0.15) is 13.0 Å². The van der Waals surface area contributed by atoms with Crippen molar-refractivity contribution in [1.29, 1.82) is 0 Å². The Morgan fingerprint density at radius 2 is 1.82 bits per heavy atom. The molecule has 3 heterocycles. The molecule has 0 radical (unpaired) electrons. The lowest BCUT2D eigenvalue weighted by molar-refractivity contribution is -0.669. The standard InChI is InChI=1S/C35H34Cl2N4O7S3/c1-22(35(44)45)39(26-8-4-23(21-42)5-9-26)16-12-31(43)38-14-2-3-15-40-27-18-24(36)6-10-29(27)49-32(40)20-33-41(17-13-34(41)51(46,47)48)28-19-25(37)7-11-30(28)50-33/h4-11,18-22,34H,2-3,12-17H2,1H3,(H-2,38,43,44,45,46,47,48)/p+2/b33-20-. The van der Waals surface area contributed by atoms with Crippen molar-refractivity contribution in [3.8, 4) is 0 Å². The molecule has 1 aromatic heterocycles. The number of benzene rings is 3. The molecule has 6 rings (SSSR count). The van der Waals surface area contributed by atoms with Gasteiger partial charge < -0.3 is 15.3 Å². The summed E-state index contributed by atoms with van der Waals surface area (Å²) in [5, 5.41) is 14.3. The molecule has 0 bridgehead atoms. The minimum absolute atomic E-state index is 0.00679. The van der Waals surface area contributed by atoms with E-state index in [0.29, 0.717) is 66.5 Å². The molecule has 268 valence electrons. The number of aryl methyl sites for hydroxylation is 1. The summed E-state index contributed by atoms with van der Waals surface area (Å²) in [6.45, 7) is 3.26. The Morgan fingerprint density at radius 3 is 2.49 bits per heavy atom. The number of aliphatic carboxylic acids is 1. The maximum absolute atomic E-state index is 12.8. The van der Waals surface area contributed by atoms with Crippen molar-refractivity contribution in [2.24, 2.45) is 0 Å². The van der Waals surface area contributed by atoms with E-state index in [-0.39, 0.29) is 23.4 Å². The Kier molecular flexibility index (Phi) is 11.1. The van der Waals surface area contributed by atoms with Crippen molar-refractivity contribution in [1.82, 2.24) is 9.80 Å². The van der Waals surface area contributed by atoms with E-state index in [2.05, 4.69) is 9.88 Å². The van der Waals surface area contributed by atoms with Gasteiger partial charge in [-0.15, -0.1) is 0 Å². The Labute approximate surface area is 313 Å². The van der Waals surface area contributed by atoms with Crippen molar-refractivity contribution in [3.05, 3.63) is 86.3 Å². The molecule has 1 spiro atoms. The molecule has 3 aromatic carbocycles. The number of carboxylic acids is 1. The quantitative estimate of drug-likeness (QED) is 0.0423. The summed E-state index contributed by atoms with van der Waals surface area (Å²) in [7, 11) is -4.36. The fourth-order valence-electron chi connectivity index (χ4n) is 6.62. The van der Waals surface area contributed by atoms with Crippen LogP contribution in [0.5, 0.6) is 0 Å². The minimum Gasteiger partial charge on any atom is -0.480 e. The summed E-state index contributed by atoms with van der Waals surface area (Å²) in [6, 6.07) is 16.8. The van der Waals surface area contributed by atoms with Crippen molar-refractivity contribution >= 4 is 102 Å². The molecule has 1 saturated heterocycles. The second-order valence-electron chi connectivity index (χ2n) is 12.5. The number of aldehydes is 1. The van der Waals surface area contributed by atoms with E-state index in [1.807, 2.05) is 30.3 Å². The molecule has 1 fully saturated rings. The van der Waals surface area contributed by atoms with E-state index in [1.54, 1.807) is 59.6 Å². The Balaban J connectivity index is 1.15. The number of hydrogen-bond acceptors (Lipinski definition) is 8. The number of hydrogen-bond donors (Lipinski definition) is 3. The highest BCUT2D eigenvalue weighted by Crippen LogP contribution is 2.58. The highest BCUT2D eigenvalue weighted by molar-refractivity contribution is 8.03. The third-order valence-electron chi connectivity index (χ3n) is 9.36. The molecule has 2 aliphatic heterocycles. The number of aromatic nitrogens is 1. The molecule has 1 amide bonds. The van der Waals surface area contributed by atoms with Crippen LogP contribution in [0.2, 0.25) is 10.0 Å². The normalized spacial score (nSPS) is 19.5. The zero-order chi connectivity index (χ0) is 36.5. The van der Waals surface area contributed by atoms with Gasteiger partial charge in [-0.3, -0.25) is 14.1 Å². The Morgan fingerprint density at radius 1 is 1.10 bits per heavy atom. The van der Waals surface area contributed by atoms with E-state index in [4.69, 9.17) is 23.2 Å². The van der Waals surface area contributed by atoms with Gasteiger partial charge in [0.15, 0.2) is 17.3 Å². The summed E-state index contributed by atoms with van der Waals surface area (Å²) >= 11 is 15.8. The van der Waals surface area contributed by atoms with Crippen LogP contribution in [0.1, 0.15) is 48.0 Å². The molecular formula is C35H36Cl2N4O7S3+2. The lowest BCUT2D eigenvalue weighted by Gasteiger charge is -2.47. The zero-order valence-corrected chi connectivity index (χ0v) is 31.5. The predicted molar refractivity (Wildman–Crippen MR) is 202 cm³/mol. The number of amides is 1. The number of thiazole rings is 1. The summed E-state index contributed by atoms with van der Waals surface area (Å²) < 4.78 is 38.5. The molecular weight excluding hydrogens is 756 g/mol. The first-order valence-electron chi connectivity index (χ1n) is 16.3. The summed E-state index contributed by atoms with van der Waals surface area (Å²) in [6.07, 6.45) is 4.50. The average Bonchev–Trinajstić information content (AvgIpc) is 3.58. The van der Waals surface area contributed by atoms with Crippen molar-refractivity contribution in [2.45, 2.75) is 55.5 Å². The van der Waals surface area contributed by atoms with Gasteiger partial charge in [-0.25, -0.2) is 9.28 Å². The van der Waals surface area contributed by atoms with Crippen LogP contribution in [-0.4, -0.2) is 67.3 Å². The number of quaternary nitrogens is 1. The lowest BCUT2D eigenvalue weighted by Crippen LogP contribution is -2.66. The average molecular weight is 792 g/mol. The molecule has 3 N–H and O–H groups in total. The Bertz CT molecular complexity index is 2140. The van der Waals surface area contributed by atoms with Gasteiger partial charge in [0.1, 0.15) is 17.0 Å². The highest BCUT2D eigenvalue weighted by Gasteiger charge is 2.62. The summed E-state index contributed by atoms with van der Waals surface area (Å²) in [5.74, 6) is -1.23. The second kappa shape index (κ2) is 15.2. The fourth-order valence-corrected chi connectivity index (χ4v) is 10.7. The first-order chi connectivity index (χ1) is 24.3. The summed E-state index contributed by atoms with van der Waals surface area (Å²) in [4.78, 5) is 38.1. The molecule has 0 saturated carbocycles. The smallest absolute Gasteiger partial charge is 0.326 e. The third kappa shape index (κ3) is 7.68. The van der Waals surface area contributed by atoms with Gasteiger partial charge in [-0.05, 0) is 73.6 Å². The second-order valence-corrected chi connectivity index (χ2v) is 17.0. The van der Waals surface area contributed by atoms with Gasteiger partial charge in [0, 0.05) is 59.4 Å². The molecule has 11 nitrogen and oxygen atoms in total.